The summed E-state index contributed by atoms with van der Waals surface area (Å²) in [6, 6.07) is 4.08. The van der Waals surface area contributed by atoms with E-state index in [1.807, 2.05) is 18.3 Å². The molecule has 1 saturated carbocycles. The van der Waals surface area contributed by atoms with Crippen LogP contribution in [0.5, 0.6) is 0 Å². The number of thiazole rings is 1. The molecule has 0 atom stereocenters. The number of H-pyrrole nitrogens is 1. The fourth-order valence-corrected chi connectivity index (χ4v) is 3.79. The van der Waals surface area contributed by atoms with Crippen LogP contribution in [0.15, 0.2) is 30.0 Å². The van der Waals surface area contributed by atoms with Crippen molar-refractivity contribution in [1.29, 1.82) is 0 Å². The van der Waals surface area contributed by atoms with Crippen LogP contribution in [0.3, 0.4) is 0 Å². The predicted molar refractivity (Wildman–Crippen MR) is 91.5 cm³/mol. The number of carbonyl (C=O) groups is 1. The lowest BCUT2D eigenvalue weighted by Gasteiger charge is -2.23. The molecule has 3 aromatic rings. The summed E-state index contributed by atoms with van der Waals surface area (Å²) in [5.74, 6) is -0.00494. The van der Waals surface area contributed by atoms with Crippen LogP contribution < -0.4 is 5.32 Å². The Morgan fingerprint density at radius 2 is 2.17 bits per heavy atom. The van der Waals surface area contributed by atoms with Gasteiger partial charge < -0.3 is 10.3 Å². The Morgan fingerprint density at radius 1 is 1.30 bits per heavy atom. The summed E-state index contributed by atoms with van der Waals surface area (Å²) in [4.78, 5) is 25.6. The van der Waals surface area contributed by atoms with Crippen LogP contribution in [0.2, 0.25) is 0 Å². The highest BCUT2D eigenvalue weighted by Crippen LogP contribution is 2.27. The maximum atomic E-state index is 12.8. The second kappa shape index (κ2) is 6.12. The van der Waals surface area contributed by atoms with Gasteiger partial charge in [-0.3, -0.25) is 9.78 Å². The highest BCUT2D eigenvalue weighted by molar-refractivity contribution is 7.13. The molecular weight excluding hydrogens is 308 g/mol. The fraction of sp³-hybridized carbons (Fsp3) is 0.353. The molecule has 1 fully saturated rings. The number of nitrogens with one attached hydrogen (secondary N) is 2. The second-order valence-corrected chi connectivity index (χ2v) is 6.86. The minimum absolute atomic E-state index is 0.00494. The topological polar surface area (TPSA) is 70.7 Å². The number of aromatic amines is 1. The number of rotatable bonds is 3. The van der Waals surface area contributed by atoms with Gasteiger partial charge in [0.25, 0.3) is 5.91 Å². The number of hydrogen-bond acceptors (Lipinski definition) is 4. The monoisotopic (exact) mass is 326 g/mol. The average molecular weight is 326 g/mol. The summed E-state index contributed by atoms with van der Waals surface area (Å²) < 4.78 is 0. The summed E-state index contributed by atoms with van der Waals surface area (Å²) in [5, 5.41) is 4.06. The number of amides is 1. The molecule has 0 saturated heterocycles. The molecule has 0 unspecified atom stereocenters. The molecule has 0 spiro atoms. The van der Waals surface area contributed by atoms with Crippen molar-refractivity contribution in [3.8, 4) is 10.6 Å². The lowest BCUT2D eigenvalue weighted by atomic mass is 9.95. The zero-order valence-electron chi connectivity index (χ0n) is 12.7. The maximum Gasteiger partial charge on any atom is 0.252 e. The molecule has 23 heavy (non-hydrogen) atoms. The number of fused-ring (bicyclic) bond motifs is 1. The molecule has 1 aliphatic rings. The molecule has 6 heteroatoms. The molecule has 1 amide bonds. The van der Waals surface area contributed by atoms with Gasteiger partial charge in [0.2, 0.25) is 0 Å². The SMILES string of the molecule is O=C(NC1CCCCC1)c1cc(-c2cncs2)nc2[nH]ccc12. The van der Waals surface area contributed by atoms with Crippen molar-refractivity contribution in [2.24, 2.45) is 0 Å². The minimum Gasteiger partial charge on any atom is -0.349 e. The Hall–Kier alpha value is -2.21. The summed E-state index contributed by atoms with van der Waals surface area (Å²) >= 11 is 1.52. The molecule has 3 aromatic heterocycles. The van der Waals surface area contributed by atoms with E-state index in [0.717, 1.165) is 34.4 Å². The molecule has 118 valence electrons. The average Bonchev–Trinajstić information content (AvgIpc) is 3.26. The van der Waals surface area contributed by atoms with Crippen molar-refractivity contribution in [1.82, 2.24) is 20.3 Å². The third kappa shape index (κ3) is 2.86. The second-order valence-electron chi connectivity index (χ2n) is 5.97. The zero-order chi connectivity index (χ0) is 15.6. The van der Waals surface area contributed by atoms with E-state index >= 15 is 0 Å². The van der Waals surface area contributed by atoms with Gasteiger partial charge in [-0.2, -0.15) is 0 Å². The van der Waals surface area contributed by atoms with Crippen molar-refractivity contribution < 1.29 is 4.79 Å². The maximum absolute atomic E-state index is 12.8. The van der Waals surface area contributed by atoms with Crippen molar-refractivity contribution in [3.63, 3.8) is 0 Å². The minimum atomic E-state index is -0.00494. The molecule has 4 rings (SSSR count). The third-order valence-electron chi connectivity index (χ3n) is 4.40. The summed E-state index contributed by atoms with van der Waals surface area (Å²) in [6.07, 6.45) is 9.44. The van der Waals surface area contributed by atoms with Crippen LogP contribution in [0.25, 0.3) is 21.6 Å². The van der Waals surface area contributed by atoms with E-state index in [4.69, 9.17) is 0 Å². The highest BCUT2D eigenvalue weighted by atomic mass is 32.1. The van der Waals surface area contributed by atoms with Gasteiger partial charge >= 0.3 is 0 Å². The summed E-state index contributed by atoms with van der Waals surface area (Å²) in [5.41, 5.74) is 3.99. The van der Waals surface area contributed by atoms with Gasteiger partial charge in [-0.25, -0.2) is 4.98 Å². The van der Waals surface area contributed by atoms with Crippen LogP contribution in [0.1, 0.15) is 42.5 Å². The van der Waals surface area contributed by atoms with E-state index < -0.39 is 0 Å². The predicted octanol–water partition coefficient (Wildman–Crippen LogP) is 3.75. The Balaban J connectivity index is 1.69. The van der Waals surface area contributed by atoms with Gasteiger partial charge in [0.05, 0.1) is 21.6 Å². The number of hydrogen-bond donors (Lipinski definition) is 2. The quantitative estimate of drug-likeness (QED) is 0.770. The van der Waals surface area contributed by atoms with E-state index in [9.17, 15) is 4.79 Å². The highest BCUT2D eigenvalue weighted by Gasteiger charge is 2.20. The lowest BCUT2D eigenvalue weighted by molar-refractivity contribution is 0.0929. The Morgan fingerprint density at radius 3 is 2.96 bits per heavy atom. The van der Waals surface area contributed by atoms with Crippen molar-refractivity contribution >= 4 is 28.3 Å². The van der Waals surface area contributed by atoms with E-state index in [1.54, 1.807) is 11.7 Å². The third-order valence-corrected chi connectivity index (χ3v) is 5.19. The van der Waals surface area contributed by atoms with E-state index in [1.165, 1.54) is 30.6 Å². The van der Waals surface area contributed by atoms with E-state index in [2.05, 4.69) is 20.3 Å². The Kier molecular flexibility index (Phi) is 3.83. The summed E-state index contributed by atoms with van der Waals surface area (Å²) in [7, 11) is 0. The van der Waals surface area contributed by atoms with Gasteiger partial charge in [-0.05, 0) is 25.0 Å². The largest absolute Gasteiger partial charge is 0.349 e. The van der Waals surface area contributed by atoms with E-state index in [-0.39, 0.29) is 5.91 Å². The van der Waals surface area contributed by atoms with Crippen LogP contribution >= 0.6 is 11.3 Å². The van der Waals surface area contributed by atoms with Crippen LogP contribution in [-0.2, 0) is 0 Å². The number of pyridine rings is 1. The molecule has 2 N–H and O–H groups in total. The summed E-state index contributed by atoms with van der Waals surface area (Å²) in [6.45, 7) is 0. The first-order chi connectivity index (χ1) is 11.3. The van der Waals surface area contributed by atoms with Crippen molar-refractivity contribution in [3.05, 3.63) is 35.6 Å². The first kappa shape index (κ1) is 14.4. The van der Waals surface area contributed by atoms with Crippen LogP contribution in [0, 0.1) is 0 Å². The number of nitrogens with zero attached hydrogens (tertiary/aromatic N) is 2. The molecule has 0 aliphatic heterocycles. The van der Waals surface area contributed by atoms with Gasteiger partial charge in [0.15, 0.2) is 0 Å². The molecule has 0 radical (unpaired) electrons. The van der Waals surface area contributed by atoms with Crippen LogP contribution in [0.4, 0.5) is 0 Å². The van der Waals surface area contributed by atoms with Gasteiger partial charge in [0, 0.05) is 23.8 Å². The fourth-order valence-electron chi connectivity index (χ4n) is 3.20. The molecule has 5 nitrogen and oxygen atoms in total. The first-order valence-electron chi connectivity index (χ1n) is 7.99. The standard InChI is InChI=1S/C17H18N4OS/c22-17(20-11-4-2-1-3-5-11)13-8-14(15-9-18-10-23-15)21-16-12(13)6-7-19-16/h6-11H,1-5H2,(H,19,21)(H,20,22). The van der Waals surface area contributed by atoms with Crippen LogP contribution in [-0.4, -0.2) is 26.9 Å². The number of aromatic nitrogens is 3. The zero-order valence-corrected chi connectivity index (χ0v) is 13.5. The van der Waals surface area contributed by atoms with Gasteiger partial charge in [0.1, 0.15) is 5.65 Å². The lowest BCUT2D eigenvalue weighted by Crippen LogP contribution is -2.36. The smallest absolute Gasteiger partial charge is 0.252 e. The molecule has 3 heterocycles. The molecular formula is C17H18N4OS. The van der Waals surface area contributed by atoms with Crippen molar-refractivity contribution in [2.75, 3.05) is 0 Å². The molecule has 1 aliphatic carbocycles. The van der Waals surface area contributed by atoms with Crippen molar-refractivity contribution in [2.45, 2.75) is 38.1 Å². The Bertz CT molecular complexity index is 818. The molecule has 0 aromatic carbocycles. The van der Waals surface area contributed by atoms with Gasteiger partial charge in [-0.15, -0.1) is 11.3 Å². The van der Waals surface area contributed by atoms with Gasteiger partial charge in [-0.1, -0.05) is 19.3 Å². The van der Waals surface area contributed by atoms with E-state index in [0.29, 0.717) is 11.6 Å². The number of carbonyl (C=O) groups excluding carboxylic acids is 1. The normalized spacial score (nSPS) is 15.8. The molecule has 0 bridgehead atoms. The first-order valence-corrected chi connectivity index (χ1v) is 8.87. The Labute approximate surface area is 138 Å².